The summed E-state index contributed by atoms with van der Waals surface area (Å²) in [5.41, 5.74) is 2.76. The van der Waals surface area contributed by atoms with Gasteiger partial charge in [0, 0.05) is 37.8 Å². The van der Waals surface area contributed by atoms with E-state index in [1.165, 1.54) is 11.3 Å². The first-order chi connectivity index (χ1) is 9.92. The number of para-hydroxylation sites is 1. The highest BCUT2D eigenvalue weighted by molar-refractivity contribution is 5.46. The molecule has 0 unspecified atom stereocenters. The van der Waals surface area contributed by atoms with Crippen LogP contribution in [0.25, 0.3) is 0 Å². The zero-order chi connectivity index (χ0) is 13.6. The van der Waals surface area contributed by atoms with Crippen LogP contribution in [0.15, 0.2) is 60.7 Å². The van der Waals surface area contributed by atoms with Crippen molar-refractivity contribution in [1.82, 2.24) is 5.32 Å². The molecule has 1 fully saturated rings. The lowest BCUT2D eigenvalue weighted by Gasteiger charge is -2.34. The SMILES string of the molecule is c1ccc(CCN(CC2CNC2)c2ccccc2)cc1. The summed E-state index contributed by atoms with van der Waals surface area (Å²) in [5, 5.41) is 3.37. The fraction of sp³-hybridized carbons (Fsp3) is 0.333. The lowest BCUT2D eigenvalue weighted by molar-refractivity contribution is 0.348. The number of rotatable bonds is 6. The van der Waals surface area contributed by atoms with Gasteiger partial charge in [0.15, 0.2) is 0 Å². The average molecular weight is 266 g/mol. The molecule has 1 aliphatic rings. The second-order valence-electron chi connectivity index (χ2n) is 5.54. The highest BCUT2D eigenvalue weighted by atomic mass is 15.1. The molecule has 20 heavy (non-hydrogen) atoms. The Morgan fingerprint density at radius 2 is 1.55 bits per heavy atom. The standard InChI is InChI=1S/C18H22N2/c1-3-7-16(8-4-1)11-12-20(15-17-13-19-14-17)18-9-5-2-6-10-18/h1-10,17,19H,11-15H2. The fourth-order valence-corrected chi connectivity index (χ4v) is 2.66. The van der Waals surface area contributed by atoms with Crippen LogP contribution >= 0.6 is 0 Å². The van der Waals surface area contributed by atoms with Crippen molar-refractivity contribution in [3.05, 3.63) is 66.2 Å². The smallest absolute Gasteiger partial charge is 0.0366 e. The lowest BCUT2D eigenvalue weighted by atomic mass is 10.0. The summed E-state index contributed by atoms with van der Waals surface area (Å²) < 4.78 is 0. The van der Waals surface area contributed by atoms with Gasteiger partial charge in [-0.25, -0.2) is 0 Å². The maximum atomic E-state index is 3.37. The van der Waals surface area contributed by atoms with E-state index in [1.807, 2.05) is 0 Å². The van der Waals surface area contributed by atoms with E-state index >= 15 is 0 Å². The number of nitrogens with one attached hydrogen (secondary N) is 1. The molecule has 1 heterocycles. The molecule has 2 aromatic rings. The predicted molar refractivity (Wildman–Crippen MR) is 85.2 cm³/mol. The van der Waals surface area contributed by atoms with Crippen LogP contribution in [0.2, 0.25) is 0 Å². The molecule has 1 N–H and O–H groups in total. The van der Waals surface area contributed by atoms with Crippen LogP contribution < -0.4 is 10.2 Å². The third kappa shape index (κ3) is 3.40. The number of hydrogen-bond donors (Lipinski definition) is 1. The molecule has 1 aliphatic heterocycles. The molecule has 0 spiro atoms. The van der Waals surface area contributed by atoms with Gasteiger partial charge in [-0.2, -0.15) is 0 Å². The third-order valence-corrected chi connectivity index (χ3v) is 3.98. The Morgan fingerprint density at radius 3 is 2.15 bits per heavy atom. The van der Waals surface area contributed by atoms with E-state index < -0.39 is 0 Å². The molecule has 0 radical (unpaired) electrons. The first-order valence-corrected chi connectivity index (χ1v) is 7.46. The van der Waals surface area contributed by atoms with Crippen molar-refractivity contribution in [2.24, 2.45) is 5.92 Å². The Morgan fingerprint density at radius 1 is 0.900 bits per heavy atom. The molecule has 0 amide bonds. The van der Waals surface area contributed by atoms with Gasteiger partial charge < -0.3 is 10.2 Å². The molecule has 2 heteroatoms. The van der Waals surface area contributed by atoms with Crippen LogP contribution in [-0.2, 0) is 6.42 Å². The van der Waals surface area contributed by atoms with Gasteiger partial charge in [-0.05, 0) is 24.1 Å². The predicted octanol–water partition coefficient (Wildman–Crippen LogP) is 2.96. The maximum absolute atomic E-state index is 3.37. The quantitative estimate of drug-likeness (QED) is 0.865. The van der Waals surface area contributed by atoms with Crippen molar-refractivity contribution >= 4 is 5.69 Å². The van der Waals surface area contributed by atoms with Gasteiger partial charge in [0.05, 0.1) is 0 Å². The molecular weight excluding hydrogens is 244 g/mol. The lowest BCUT2D eigenvalue weighted by Crippen LogP contribution is -2.48. The zero-order valence-electron chi connectivity index (χ0n) is 11.8. The molecule has 0 saturated carbocycles. The van der Waals surface area contributed by atoms with Crippen molar-refractivity contribution in [2.75, 3.05) is 31.1 Å². The molecule has 0 bridgehead atoms. The highest BCUT2D eigenvalue weighted by Crippen LogP contribution is 2.17. The molecule has 0 aromatic heterocycles. The number of nitrogens with zero attached hydrogens (tertiary/aromatic N) is 1. The van der Waals surface area contributed by atoms with E-state index in [9.17, 15) is 0 Å². The topological polar surface area (TPSA) is 15.3 Å². The first-order valence-electron chi connectivity index (χ1n) is 7.46. The van der Waals surface area contributed by atoms with Crippen LogP contribution in [0.4, 0.5) is 5.69 Å². The van der Waals surface area contributed by atoms with Crippen LogP contribution in [0, 0.1) is 5.92 Å². The molecule has 3 rings (SSSR count). The van der Waals surface area contributed by atoms with E-state index in [2.05, 4.69) is 70.9 Å². The van der Waals surface area contributed by atoms with Crippen LogP contribution in [0.3, 0.4) is 0 Å². The van der Waals surface area contributed by atoms with Crippen molar-refractivity contribution in [1.29, 1.82) is 0 Å². The second kappa shape index (κ2) is 6.58. The molecular formula is C18H22N2. The number of anilines is 1. The van der Waals surface area contributed by atoms with Gasteiger partial charge in [-0.15, -0.1) is 0 Å². The van der Waals surface area contributed by atoms with Gasteiger partial charge >= 0.3 is 0 Å². The van der Waals surface area contributed by atoms with Gasteiger partial charge in [-0.1, -0.05) is 48.5 Å². The summed E-state index contributed by atoms with van der Waals surface area (Å²) in [6.07, 6.45) is 1.11. The maximum Gasteiger partial charge on any atom is 0.0366 e. The summed E-state index contributed by atoms with van der Waals surface area (Å²) in [6.45, 7) is 4.57. The molecule has 104 valence electrons. The Hall–Kier alpha value is -1.80. The minimum absolute atomic E-state index is 0.797. The first kappa shape index (κ1) is 13.2. The van der Waals surface area contributed by atoms with Crippen molar-refractivity contribution < 1.29 is 0 Å². The van der Waals surface area contributed by atoms with Gasteiger partial charge in [-0.3, -0.25) is 0 Å². The third-order valence-electron chi connectivity index (χ3n) is 3.98. The van der Waals surface area contributed by atoms with E-state index in [-0.39, 0.29) is 0 Å². The molecule has 1 saturated heterocycles. The fourth-order valence-electron chi connectivity index (χ4n) is 2.66. The highest BCUT2D eigenvalue weighted by Gasteiger charge is 2.20. The average Bonchev–Trinajstić information content (AvgIpc) is 2.47. The molecule has 2 aromatic carbocycles. The number of benzene rings is 2. The monoisotopic (exact) mass is 266 g/mol. The van der Waals surface area contributed by atoms with Crippen molar-refractivity contribution in [3.63, 3.8) is 0 Å². The van der Waals surface area contributed by atoms with Crippen molar-refractivity contribution in [2.45, 2.75) is 6.42 Å². The molecule has 2 nitrogen and oxygen atoms in total. The van der Waals surface area contributed by atoms with E-state index in [4.69, 9.17) is 0 Å². The Balaban J connectivity index is 1.65. The number of hydrogen-bond acceptors (Lipinski definition) is 2. The normalized spacial score (nSPS) is 14.8. The summed E-state index contributed by atoms with van der Waals surface area (Å²) in [4.78, 5) is 2.53. The van der Waals surface area contributed by atoms with Crippen molar-refractivity contribution in [3.8, 4) is 0 Å². The van der Waals surface area contributed by atoms with Gasteiger partial charge in [0.1, 0.15) is 0 Å². The Kier molecular flexibility index (Phi) is 4.34. The van der Waals surface area contributed by atoms with Crippen LogP contribution in [0.5, 0.6) is 0 Å². The Bertz CT molecular complexity index is 505. The van der Waals surface area contributed by atoms with Crippen LogP contribution in [0.1, 0.15) is 5.56 Å². The van der Waals surface area contributed by atoms with E-state index in [0.29, 0.717) is 0 Å². The van der Waals surface area contributed by atoms with Crippen LogP contribution in [-0.4, -0.2) is 26.2 Å². The summed E-state index contributed by atoms with van der Waals surface area (Å²) in [7, 11) is 0. The van der Waals surface area contributed by atoms with Gasteiger partial charge in [0.25, 0.3) is 0 Å². The minimum Gasteiger partial charge on any atom is -0.371 e. The summed E-state index contributed by atoms with van der Waals surface area (Å²) in [5.74, 6) is 0.797. The van der Waals surface area contributed by atoms with Gasteiger partial charge in [0.2, 0.25) is 0 Å². The van der Waals surface area contributed by atoms with E-state index in [1.54, 1.807) is 0 Å². The molecule has 0 atom stereocenters. The van der Waals surface area contributed by atoms with E-state index in [0.717, 1.165) is 38.5 Å². The zero-order valence-corrected chi connectivity index (χ0v) is 11.8. The summed E-state index contributed by atoms with van der Waals surface area (Å²) >= 11 is 0. The molecule has 0 aliphatic carbocycles. The second-order valence-corrected chi connectivity index (χ2v) is 5.54. The summed E-state index contributed by atoms with van der Waals surface area (Å²) in [6, 6.07) is 21.5. The Labute approximate surface area is 121 Å². The largest absolute Gasteiger partial charge is 0.371 e. The minimum atomic E-state index is 0.797.